The van der Waals surface area contributed by atoms with E-state index in [9.17, 15) is 21.6 Å². The highest BCUT2D eigenvalue weighted by molar-refractivity contribution is 7.92. The van der Waals surface area contributed by atoms with Crippen LogP contribution in [0.2, 0.25) is 0 Å². The smallest absolute Gasteiger partial charge is 0.281 e. The van der Waals surface area contributed by atoms with E-state index in [2.05, 4.69) is 14.7 Å². The fourth-order valence-corrected chi connectivity index (χ4v) is 4.30. The topological polar surface area (TPSA) is 98.0 Å². The van der Waals surface area contributed by atoms with Gasteiger partial charge in [-0.25, -0.2) is 18.7 Å². The van der Waals surface area contributed by atoms with Crippen molar-refractivity contribution in [3.8, 4) is 11.3 Å². The van der Waals surface area contributed by atoms with Gasteiger partial charge in [-0.2, -0.15) is 12.8 Å². The first-order chi connectivity index (χ1) is 12.2. The summed E-state index contributed by atoms with van der Waals surface area (Å²) in [5.74, 6) is -2.26. The molecule has 0 amide bonds. The van der Waals surface area contributed by atoms with E-state index in [1.54, 1.807) is 0 Å². The Bertz CT molecular complexity index is 1100. The molecule has 0 unspecified atom stereocenters. The lowest BCUT2D eigenvalue weighted by molar-refractivity contribution is 0.509. The molecule has 0 aliphatic heterocycles. The molecular formula is C15H11F3N4O2S2. The highest BCUT2D eigenvalue weighted by atomic mass is 32.2. The van der Waals surface area contributed by atoms with Gasteiger partial charge in [-0.05, 0) is 36.8 Å². The van der Waals surface area contributed by atoms with E-state index >= 15 is 0 Å². The number of benzene rings is 1. The molecule has 11 heteroatoms. The van der Waals surface area contributed by atoms with Crippen LogP contribution in [0, 0.1) is 23.7 Å². The molecule has 26 heavy (non-hydrogen) atoms. The number of sulfonamides is 1. The summed E-state index contributed by atoms with van der Waals surface area (Å²) in [6.07, 6.45) is 1.18. The predicted octanol–water partition coefficient (Wildman–Crippen LogP) is 3.31. The van der Waals surface area contributed by atoms with Crippen LogP contribution in [0.25, 0.3) is 11.3 Å². The van der Waals surface area contributed by atoms with Crippen molar-refractivity contribution in [2.75, 3.05) is 10.5 Å². The number of rotatable bonds is 4. The fraction of sp³-hybridized carbons (Fsp3) is 0.0667. The number of hydrogen-bond donors (Lipinski definition) is 2. The van der Waals surface area contributed by atoms with E-state index in [4.69, 9.17) is 5.73 Å². The third-order valence-electron chi connectivity index (χ3n) is 3.31. The quantitative estimate of drug-likeness (QED) is 0.700. The molecule has 0 saturated heterocycles. The molecule has 0 atom stereocenters. The van der Waals surface area contributed by atoms with Crippen molar-refractivity contribution in [1.29, 1.82) is 0 Å². The summed E-state index contributed by atoms with van der Waals surface area (Å²) in [5, 5.41) is -1.41. The molecule has 0 spiro atoms. The molecule has 2 heterocycles. The summed E-state index contributed by atoms with van der Waals surface area (Å²) in [7, 11) is -4.13. The Hall–Kier alpha value is -2.66. The summed E-state index contributed by atoms with van der Waals surface area (Å²) in [6, 6.07) is 4.17. The van der Waals surface area contributed by atoms with Gasteiger partial charge in [0.05, 0.1) is 11.9 Å². The molecule has 0 aliphatic carbocycles. The van der Waals surface area contributed by atoms with Crippen molar-refractivity contribution < 1.29 is 21.6 Å². The molecule has 3 N–H and O–H groups in total. The lowest BCUT2D eigenvalue weighted by Gasteiger charge is -2.07. The lowest BCUT2D eigenvalue weighted by atomic mass is 10.1. The number of thiazole rings is 1. The minimum absolute atomic E-state index is 0.0233. The number of halogens is 3. The third kappa shape index (κ3) is 3.48. The number of hydrogen-bond acceptors (Lipinski definition) is 6. The van der Waals surface area contributed by atoms with Crippen molar-refractivity contribution in [2.24, 2.45) is 0 Å². The minimum Gasteiger partial charge on any atom is -0.397 e. The van der Waals surface area contributed by atoms with Gasteiger partial charge in [0.25, 0.3) is 10.0 Å². The molecule has 0 aliphatic rings. The number of nitrogens with zero attached hydrogens (tertiary/aromatic N) is 2. The van der Waals surface area contributed by atoms with E-state index in [-0.39, 0.29) is 21.4 Å². The Kier molecular flexibility index (Phi) is 4.59. The first-order valence-corrected chi connectivity index (χ1v) is 9.34. The maximum atomic E-state index is 14.1. The van der Waals surface area contributed by atoms with Gasteiger partial charge in [0.15, 0.2) is 21.8 Å². The lowest BCUT2D eigenvalue weighted by Crippen LogP contribution is -2.16. The number of nitrogen functional groups attached to an aromatic ring is 1. The van der Waals surface area contributed by atoms with Crippen LogP contribution >= 0.6 is 11.3 Å². The minimum atomic E-state index is -4.13. The second-order valence-corrected chi connectivity index (χ2v) is 7.81. The molecule has 0 fully saturated rings. The van der Waals surface area contributed by atoms with Crippen LogP contribution in [0.5, 0.6) is 0 Å². The van der Waals surface area contributed by atoms with E-state index in [0.29, 0.717) is 22.6 Å². The van der Waals surface area contributed by atoms with E-state index < -0.39 is 26.8 Å². The number of pyridine rings is 1. The summed E-state index contributed by atoms with van der Waals surface area (Å²) in [5.41, 5.74) is 5.81. The summed E-state index contributed by atoms with van der Waals surface area (Å²) >= 11 is 0.413. The van der Waals surface area contributed by atoms with Gasteiger partial charge in [0.1, 0.15) is 5.69 Å². The first-order valence-electron chi connectivity index (χ1n) is 7.04. The summed E-state index contributed by atoms with van der Waals surface area (Å²) < 4.78 is 67.4. The van der Waals surface area contributed by atoms with Gasteiger partial charge < -0.3 is 5.73 Å². The zero-order valence-corrected chi connectivity index (χ0v) is 14.8. The van der Waals surface area contributed by atoms with Crippen LogP contribution in [0.3, 0.4) is 0 Å². The number of anilines is 2. The van der Waals surface area contributed by atoms with Crippen LogP contribution in [-0.4, -0.2) is 18.4 Å². The second kappa shape index (κ2) is 6.57. The predicted molar refractivity (Wildman–Crippen MR) is 91.6 cm³/mol. The maximum Gasteiger partial charge on any atom is 0.281 e. The van der Waals surface area contributed by atoms with Crippen molar-refractivity contribution in [1.82, 2.24) is 9.97 Å². The van der Waals surface area contributed by atoms with Crippen LogP contribution in [0.4, 0.5) is 24.0 Å². The summed E-state index contributed by atoms with van der Waals surface area (Å²) in [6.45, 7) is 1.51. The number of aromatic nitrogens is 2. The van der Waals surface area contributed by atoms with Gasteiger partial charge in [-0.1, -0.05) is 11.3 Å². The zero-order chi connectivity index (χ0) is 19.1. The monoisotopic (exact) mass is 400 g/mol. The SMILES string of the molecule is Cc1cc(N)cnc1S(=O)(=O)Nc1nc(-c2ccc(F)c(F)c2)c(F)s1. The zero-order valence-electron chi connectivity index (χ0n) is 13.1. The molecule has 0 bridgehead atoms. The maximum absolute atomic E-state index is 14.1. The van der Waals surface area contributed by atoms with E-state index in [1.807, 2.05) is 0 Å². The molecule has 2 aromatic heterocycles. The Morgan fingerprint density at radius 2 is 1.88 bits per heavy atom. The van der Waals surface area contributed by atoms with Crippen molar-refractivity contribution >= 4 is 32.2 Å². The van der Waals surface area contributed by atoms with Gasteiger partial charge in [-0.3, -0.25) is 4.72 Å². The average Bonchev–Trinajstić information content (AvgIpc) is 2.89. The molecule has 1 aromatic carbocycles. The third-order valence-corrected chi connectivity index (χ3v) is 5.59. The molecule has 0 saturated carbocycles. The Morgan fingerprint density at radius 1 is 1.15 bits per heavy atom. The summed E-state index contributed by atoms with van der Waals surface area (Å²) in [4.78, 5) is 7.59. The Labute approximate surface area is 150 Å². The molecule has 3 aromatic rings. The number of nitrogens with two attached hydrogens (primary N) is 1. The highest BCUT2D eigenvalue weighted by Gasteiger charge is 2.23. The van der Waals surface area contributed by atoms with Crippen LogP contribution < -0.4 is 10.5 Å². The van der Waals surface area contributed by atoms with Crippen molar-refractivity contribution in [3.63, 3.8) is 0 Å². The molecular weight excluding hydrogens is 389 g/mol. The van der Waals surface area contributed by atoms with Crippen LogP contribution in [0.15, 0.2) is 35.5 Å². The molecule has 6 nitrogen and oxygen atoms in total. The average molecular weight is 400 g/mol. The largest absolute Gasteiger partial charge is 0.397 e. The standard InChI is InChI=1S/C15H11F3N4O2S2/c1-7-4-9(19)6-20-14(7)26(23,24)22-15-21-12(13(18)25-15)8-2-3-10(16)11(17)5-8/h2-6H,19H2,1H3,(H,21,22). The van der Waals surface area contributed by atoms with Gasteiger partial charge in [0, 0.05) is 5.56 Å². The van der Waals surface area contributed by atoms with Gasteiger partial charge in [-0.15, -0.1) is 0 Å². The van der Waals surface area contributed by atoms with Crippen LogP contribution in [-0.2, 0) is 10.0 Å². The van der Waals surface area contributed by atoms with Crippen molar-refractivity contribution in [2.45, 2.75) is 11.9 Å². The molecule has 3 rings (SSSR count). The van der Waals surface area contributed by atoms with E-state index in [0.717, 1.165) is 18.2 Å². The fourth-order valence-electron chi connectivity index (χ4n) is 2.20. The Balaban J connectivity index is 1.95. The second-order valence-electron chi connectivity index (χ2n) is 5.27. The van der Waals surface area contributed by atoms with Gasteiger partial charge in [0.2, 0.25) is 5.13 Å². The highest BCUT2D eigenvalue weighted by Crippen LogP contribution is 2.31. The van der Waals surface area contributed by atoms with Crippen LogP contribution in [0.1, 0.15) is 5.56 Å². The molecule has 136 valence electrons. The normalized spacial score (nSPS) is 11.5. The van der Waals surface area contributed by atoms with Gasteiger partial charge >= 0.3 is 0 Å². The molecule has 0 radical (unpaired) electrons. The van der Waals surface area contributed by atoms with Crippen molar-refractivity contribution in [3.05, 3.63) is 52.8 Å². The Morgan fingerprint density at radius 3 is 2.54 bits per heavy atom. The first kappa shape index (κ1) is 18.1. The number of nitrogens with one attached hydrogen (secondary N) is 1. The number of aryl methyl sites for hydroxylation is 1. The van der Waals surface area contributed by atoms with E-state index in [1.165, 1.54) is 19.2 Å².